The number of amides is 1. The molecule has 1 aliphatic rings. The molecule has 2 aromatic heterocycles. The molecule has 1 saturated heterocycles. The number of aromatic nitrogens is 3. The number of esters is 1. The summed E-state index contributed by atoms with van der Waals surface area (Å²) in [6, 6.07) is 8.52. The third kappa shape index (κ3) is 6.00. The monoisotopic (exact) mass is 492 g/mol. The van der Waals surface area contributed by atoms with Gasteiger partial charge in [-0.1, -0.05) is 5.16 Å². The van der Waals surface area contributed by atoms with E-state index in [9.17, 15) is 22.8 Å². The Bertz CT molecular complexity index is 1170. The summed E-state index contributed by atoms with van der Waals surface area (Å²) in [7, 11) is 0. The minimum atomic E-state index is -4.78. The molecule has 1 fully saturated rings. The minimum Gasteiger partial charge on any atom is -0.466 e. The van der Waals surface area contributed by atoms with Crippen LogP contribution in [0.15, 0.2) is 47.1 Å². The highest BCUT2D eigenvalue weighted by Gasteiger charge is 2.31. The number of alkyl halides is 3. The van der Waals surface area contributed by atoms with E-state index in [1.807, 2.05) is 0 Å². The first-order valence-electron chi connectivity index (χ1n) is 11.0. The van der Waals surface area contributed by atoms with Gasteiger partial charge in [0, 0.05) is 24.8 Å². The molecular weight excluding hydrogens is 469 g/mol. The van der Waals surface area contributed by atoms with Gasteiger partial charge in [0.1, 0.15) is 18.0 Å². The van der Waals surface area contributed by atoms with Crippen LogP contribution in [0.5, 0.6) is 5.75 Å². The van der Waals surface area contributed by atoms with Crippen molar-refractivity contribution < 1.29 is 36.8 Å². The van der Waals surface area contributed by atoms with Crippen molar-refractivity contribution in [2.24, 2.45) is 5.92 Å². The third-order valence-electron chi connectivity index (χ3n) is 5.52. The first-order chi connectivity index (χ1) is 16.7. The highest BCUT2D eigenvalue weighted by Crippen LogP contribution is 2.27. The van der Waals surface area contributed by atoms with Crippen molar-refractivity contribution in [2.75, 3.05) is 19.7 Å². The highest BCUT2D eigenvalue weighted by molar-refractivity contribution is 5.79. The average Bonchev–Trinajstić information content (AvgIpc) is 3.48. The van der Waals surface area contributed by atoms with Crippen LogP contribution in [0.2, 0.25) is 0 Å². The van der Waals surface area contributed by atoms with E-state index >= 15 is 0 Å². The van der Waals surface area contributed by atoms with Crippen LogP contribution in [0.25, 0.3) is 23.0 Å². The first-order valence-corrected chi connectivity index (χ1v) is 11.0. The lowest BCUT2D eigenvalue weighted by Crippen LogP contribution is -2.44. The van der Waals surface area contributed by atoms with Crippen molar-refractivity contribution in [2.45, 2.75) is 32.7 Å². The molecule has 3 aromatic rings. The molecule has 1 unspecified atom stereocenters. The first kappa shape index (κ1) is 24.3. The number of benzene rings is 1. The van der Waals surface area contributed by atoms with Crippen LogP contribution in [0.1, 0.15) is 19.8 Å². The molecule has 12 heteroatoms. The van der Waals surface area contributed by atoms with Gasteiger partial charge in [0.05, 0.1) is 12.5 Å². The van der Waals surface area contributed by atoms with E-state index in [4.69, 9.17) is 9.26 Å². The summed E-state index contributed by atoms with van der Waals surface area (Å²) < 4.78 is 53.0. The van der Waals surface area contributed by atoms with Gasteiger partial charge in [0.15, 0.2) is 0 Å². The van der Waals surface area contributed by atoms with Crippen LogP contribution in [-0.4, -0.2) is 57.5 Å². The molecule has 1 aliphatic heterocycles. The highest BCUT2D eigenvalue weighted by atomic mass is 19.4. The maximum atomic E-state index is 12.9. The van der Waals surface area contributed by atoms with Crippen LogP contribution in [-0.2, 0) is 20.9 Å². The smallest absolute Gasteiger partial charge is 0.466 e. The van der Waals surface area contributed by atoms with Gasteiger partial charge in [-0.3, -0.25) is 9.59 Å². The Labute approximate surface area is 198 Å². The van der Waals surface area contributed by atoms with E-state index in [-0.39, 0.29) is 41.8 Å². The number of hydrogen-bond donors (Lipinski definition) is 0. The van der Waals surface area contributed by atoms with Crippen molar-refractivity contribution >= 4 is 11.9 Å². The summed E-state index contributed by atoms with van der Waals surface area (Å²) in [6.45, 7) is 2.93. The van der Waals surface area contributed by atoms with Crippen molar-refractivity contribution in [3.63, 3.8) is 0 Å². The third-order valence-corrected chi connectivity index (χ3v) is 5.52. The number of likely N-dealkylation sites (tertiary alicyclic amines) is 1. The summed E-state index contributed by atoms with van der Waals surface area (Å²) in [5, 5.41) is 3.89. The molecule has 186 valence electrons. The van der Waals surface area contributed by atoms with Crippen molar-refractivity contribution in [3.05, 3.63) is 42.6 Å². The van der Waals surface area contributed by atoms with Gasteiger partial charge in [-0.25, -0.2) is 0 Å². The van der Waals surface area contributed by atoms with Crippen LogP contribution in [0.3, 0.4) is 0 Å². The molecule has 0 saturated carbocycles. The second-order valence-electron chi connectivity index (χ2n) is 7.95. The molecule has 4 rings (SSSR count). The zero-order chi connectivity index (χ0) is 25.0. The Morgan fingerprint density at radius 3 is 2.69 bits per heavy atom. The zero-order valence-corrected chi connectivity index (χ0v) is 18.8. The van der Waals surface area contributed by atoms with E-state index in [2.05, 4.69) is 14.9 Å². The van der Waals surface area contributed by atoms with Crippen LogP contribution in [0, 0.1) is 5.92 Å². The van der Waals surface area contributed by atoms with Gasteiger partial charge < -0.3 is 23.5 Å². The normalized spacial score (nSPS) is 16.2. The lowest BCUT2D eigenvalue weighted by Gasteiger charge is -2.31. The molecule has 0 spiro atoms. The molecule has 1 aromatic carbocycles. The standard InChI is InChI=1S/C23H23F3N4O5/c1-2-33-22(32)16-5-3-12-30(13-16)19(31)14-29-11-4-6-18(29)21-27-20(28-35-21)15-7-9-17(10-8-15)34-23(24,25)26/h4,6-11,16H,2-3,5,12-14H2,1H3. The number of ether oxygens (including phenoxy) is 2. The topological polar surface area (TPSA) is 99.7 Å². The number of rotatable bonds is 7. The quantitative estimate of drug-likeness (QED) is 0.461. The largest absolute Gasteiger partial charge is 0.573 e. The zero-order valence-electron chi connectivity index (χ0n) is 18.8. The number of hydrogen-bond acceptors (Lipinski definition) is 7. The molecule has 1 amide bonds. The van der Waals surface area contributed by atoms with Crippen LogP contribution < -0.4 is 4.74 Å². The Hall–Kier alpha value is -3.83. The molecule has 35 heavy (non-hydrogen) atoms. The lowest BCUT2D eigenvalue weighted by molar-refractivity contribution is -0.274. The maximum absolute atomic E-state index is 12.9. The van der Waals surface area contributed by atoms with E-state index in [0.29, 0.717) is 43.8 Å². The average molecular weight is 492 g/mol. The van der Waals surface area contributed by atoms with Crippen LogP contribution >= 0.6 is 0 Å². The van der Waals surface area contributed by atoms with Crippen molar-refractivity contribution in [1.29, 1.82) is 0 Å². The van der Waals surface area contributed by atoms with Gasteiger partial charge in [0.25, 0.3) is 5.89 Å². The predicted molar refractivity (Wildman–Crippen MR) is 116 cm³/mol. The molecule has 0 bridgehead atoms. The maximum Gasteiger partial charge on any atom is 0.573 e. The van der Waals surface area contributed by atoms with E-state index in [1.54, 1.807) is 34.7 Å². The molecule has 1 atom stereocenters. The molecule has 0 N–H and O–H groups in total. The van der Waals surface area contributed by atoms with Crippen molar-refractivity contribution in [3.8, 4) is 28.7 Å². The van der Waals surface area contributed by atoms with Gasteiger partial charge in [-0.2, -0.15) is 4.98 Å². The Morgan fingerprint density at radius 2 is 1.97 bits per heavy atom. The molecule has 0 radical (unpaired) electrons. The Morgan fingerprint density at radius 1 is 1.20 bits per heavy atom. The number of carbonyl (C=O) groups is 2. The minimum absolute atomic E-state index is 0.0130. The SMILES string of the molecule is CCOC(=O)C1CCCN(C(=O)Cn2cccc2-c2nc(-c3ccc(OC(F)(F)F)cc3)no2)C1. The second-order valence-corrected chi connectivity index (χ2v) is 7.95. The summed E-state index contributed by atoms with van der Waals surface area (Å²) in [5.41, 5.74) is 0.940. The lowest BCUT2D eigenvalue weighted by atomic mass is 9.98. The number of piperidine rings is 1. The number of carbonyl (C=O) groups excluding carboxylic acids is 2. The van der Waals surface area contributed by atoms with E-state index < -0.39 is 6.36 Å². The van der Waals surface area contributed by atoms with Gasteiger partial charge in [0.2, 0.25) is 11.7 Å². The molecular formula is C23H23F3N4O5. The second kappa shape index (κ2) is 10.2. The summed E-state index contributed by atoms with van der Waals surface area (Å²) >= 11 is 0. The van der Waals surface area contributed by atoms with E-state index in [0.717, 1.165) is 12.1 Å². The fraction of sp³-hybridized carbons (Fsp3) is 0.391. The number of nitrogens with zero attached hydrogens (tertiary/aromatic N) is 4. The molecule has 9 nitrogen and oxygen atoms in total. The Kier molecular flexibility index (Phi) is 7.08. The predicted octanol–water partition coefficient (Wildman–Crippen LogP) is 3.91. The fourth-order valence-electron chi connectivity index (χ4n) is 3.90. The Balaban J connectivity index is 1.43. The van der Waals surface area contributed by atoms with Crippen LogP contribution in [0.4, 0.5) is 13.2 Å². The van der Waals surface area contributed by atoms with Gasteiger partial charge >= 0.3 is 12.3 Å². The van der Waals surface area contributed by atoms with Crippen molar-refractivity contribution in [1.82, 2.24) is 19.6 Å². The van der Waals surface area contributed by atoms with E-state index in [1.165, 1.54) is 12.1 Å². The summed E-state index contributed by atoms with van der Waals surface area (Å²) in [6.07, 6.45) is -1.68. The summed E-state index contributed by atoms with van der Waals surface area (Å²) in [5.74, 6) is -0.814. The summed E-state index contributed by atoms with van der Waals surface area (Å²) in [4.78, 5) is 31.0. The van der Waals surface area contributed by atoms with Gasteiger partial charge in [-0.05, 0) is 56.2 Å². The molecule has 3 heterocycles. The number of halogens is 3. The fourth-order valence-corrected chi connectivity index (χ4v) is 3.90. The molecule has 0 aliphatic carbocycles. The van der Waals surface area contributed by atoms with Gasteiger partial charge in [-0.15, -0.1) is 13.2 Å².